The number of hydrogen-bond acceptors (Lipinski definition) is 6. The molecule has 0 atom stereocenters. The molecule has 1 amide bonds. The van der Waals surface area contributed by atoms with Crippen molar-refractivity contribution in [2.45, 2.75) is 26.2 Å². The lowest BCUT2D eigenvalue weighted by molar-refractivity contribution is -0.151. The number of nitrogens with zero attached hydrogens (tertiary/aromatic N) is 3. The number of piperidine rings is 1. The molecule has 8 nitrogen and oxygen atoms in total. The molecule has 2 aromatic carbocycles. The van der Waals surface area contributed by atoms with Crippen LogP contribution in [0.2, 0.25) is 0 Å². The first kappa shape index (κ1) is 26.3. The number of pyridine rings is 2. The van der Waals surface area contributed by atoms with E-state index in [0.29, 0.717) is 55.7 Å². The van der Waals surface area contributed by atoms with Gasteiger partial charge in [0.1, 0.15) is 5.75 Å². The van der Waals surface area contributed by atoms with E-state index in [4.69, 9.17) is 9.47 Å². The van der Waals surface area contributed by atoms with E-state index in [9.17, 15) is 14.4 Å². The van der Waals surface area contributed by atoms with E-state index < -0.39 is 0 Å². The SMILES string of the molecule is CCOC(=O)C1CCN(C(=O)COc2cc3c(=O)c(Cc4cccnc4)cn4c5ccc(Br)cc5c(c2)c34)CC1. The summed E-state index contributed by atoms with van der Waals surface area (Å²) in [5, 5.41) is 2.41. The summed E-state index contributed by atoms with van der Waals surface area (Å²) in [6, 6.07) is 13.5. The maximum Gasteiger partial charge on any atom is 0.309 e. The zero-order chi connectivity index (χ0) is 27.8. The Bertz CT molecular complexity index is 1780. The van der Waals surface area contributed by atoms with Gasteiger partial charge in [-0.05, 0) is 61.7 Å². The number of carbonyl (C=O) groups excluding carboxylic acids is 2. The molecule has 0 bridgehead atoms. The molecule has 1 fully saturated rings. The van der Waals surface area contributed by atoms with E-state index in [2.05, 4.69) is 25.3 Å². The van der Waals surface area contributed by atoms with Crippen molar-refractivity contribution in [1.29, 1.82) is 0 Å². The Balaban J connectivity index is 1.31. The lowest BCUT2D eigenvalue weighted by atomic mass is 9.97. The van der Waals surface area contributed by atoms with Crippen LogP contribution in [0.3, 0.4) is 0 Å². The average Bonchev–Trinajstić information content (AvgIpc) is 3.27. The van der Waals surface area contributed by atoms with Crippen molar-refractivity contribution >= 4 is 55.0 Å². The molecule has 1 aliphatic heterocycles. The highest BCUT2D eigenvalue weighted by atomic mass is 79.9. The minimum Gasteiger partial charge on any atom is -0.484 e. The number of halogens is 1. The summed E-state index contributed by atoms with van der Waals surface area (Å²) in [6.07, 6.45) is 7.01. The molecule has 0 N–H and O–H groups in total. The van der Waals surface area contributed by atoms with Crippen LogP contribution in [0.5, 0.6) is 5.75 Å². The zero-order valence-corrected chi connectivity index (χ0v) is 23.6. The molecule has 40 heavy (non-hydrogen) atoms. The molecule has 6 rings (SSSR count). The van der Waals surface area contributed by atoms with E-state index in [-0.39, 0.29) is 29.8 Å². The van der Waals surface area contributed by atoms with E-state index >= 15 is 0 Å². The van der Waals surface area contributed by atoms with Gasteiger partial charge >= 0.3 is 5.97 Å². The van der Waals surface area contributed by atoms with E-state index in [1.54, 1.807) is 30.3 Å². The Morgan fingerprint density at radius 2 is 1.88 bits per heavy atom. The number of hydrogen-bond donors (Lipinski definition) is 0. The Hall–Kier alpha value is -3.98. The fourth-order valence-corrected chi connectivity index (χ4v) is 5.98. The Morgan fingerprint density at radius 1 is 1.07 bits per heavy atom. The smallest absolute Gasteiger partial charge is 0.309 e. The number of rotatable bonds is 7. The summed E-state index contributed by atoms with van der Waals surface area (Å²) in [6.45, 7) is 2.97. The van der Waals surface area contributed by atoms with Crippen LogP contribution < -0.4 is 10.2 Å². The third-order valence-electron chi connectivity index (χ3n) is 7.60. The maximum absolute atomic E-state index is 13.7. The van der Waals surface area contributed by atoms with E-state index in [1.165, 1.54) is 0 Å². The monoisotopic (exact) mass is 601 g/mol. The minimum absolute atomic E-state index is 0.0685. The topological polar surface area (TPSA) is 90.2 Å². The van der Waals surface area contributed by atoms with Crippen molar-refractivity contribution in [3.8, 4) is 5.75 Å². The molecular weight excluding hydrogens is 574 g/mol. The largest absolute Gasteiger partial charge is 0.484 e. The molecule has 4 heterocycles. The van der Waals surface area contributed by atoms with Crippen LogP contribution in [-0.4, -0.2) is 52.5 Å². The number of likely N-dealkylation sites (tertiary alicyclic amines) is 1. The minimum atomic E-state index is -0.194. The van der Waals surface area contributed by atoms with Crippen LogP contribution in [0, 0.1) is 5.92 Å². The predicted octanol–water partition coefficient (Wildman–Crippen LogP) is 4.97. The molecule has 0 spiro atoms. The molecule has 0 aliphatic carbocycles. The van der Waals surface area contributed by atoms with Gasteiger partial charge in [0.15, 0.2) is 12.0 Å². The molecule has 0 radical (unpaired) electrons. The van der Waals surface area contributed by atoms with Gasteiger partial charge in [0.05, 0.1) is 28.9 Å². The third-order valence-corrected chi connectivity index (χ3v) is 8.09. The number of amides is 1. The van der Waals surface area contributed by atoms with Gasteiger partial charge in [0, 0.05) is 58.9 Å². The van der Waals surface area contributed by atoms with Gasteiger partial charge in [-0.25, -0.2) is 0 Å². The summed E-state index contributed by atoms with van der Waals surface area (Å²) in [7, 11) is 0. The number of esters is 1. The molecule has 204 valence electrons. The normalized spacial score (nSPS) is 14.3. The highest BCUT2D eigenvalue weighted by Crippen LogP contribution is 2.36. The van der Waals surface area contributed by atoms with Gasteiger partial charge in [0.25, 0.3) is 5.91 Å². The van der Waals surface area contributed by atoms with Gasteiger partial charge in [-0.3, -0.25) is 19.4 Å². The van der Waals surface area contributed by atoms with Crippen molar-refractivity contribution in [1.82, 2.24) is 14.3 Å². The fraction of sp³-hybridized carbons (Fsp3) is 0.290. The summed E-state index contributed by atoms with van der Waals surface area (Å²) >= 11 is 3.58. The Labute approximate surface area is 239 Å². The average molecular weight is 602 g/mol. The third kappa shape index (κ3) is 4.90. The number of aromatic nitrogens is 2. The predicted molar refractivity (Wildman–Crippen MR) is 156 cm³/mol. The molecule has 3 aromatic heterocycles. The molecular formula is C31H28BrN3O5. The zero-order valence-electron chi connectivity index (χ0n) is 22.1. The quantitative estimate of drug-likeness (QED) is 0.245. The molecule has 0 saturated carbocycles. The van der Waals surface area contributed by atoms with Crippen molar-refractivity contribution in [2.75, 3.05) is 26.3 Å². The van der Waals surface area contributed by atoms with Gasteiger partial charge in [-0.1, -0.05) is 22.0 Å². The van der Waals surface area contributed by atoms with Crippen LogP contribution >= 0.6 is 15.9 Å². The standard InChI is InChI=1S/C31H28BrN3O5/c1-2-39-31(38)20-7-10-34(11-8-20)28(36)18-40-23-14-25-24-13-22(32)5-6-27(24)35-17-21(12-19-4-3-9-33-16-19)30(37)26(15-23)29(25)35/h3-6,9,13-17,20H,2,7-8,10-12,18H2,1H3. The number of ether oxygens (including phenoxy) is 2. The van der Waals surface area contributed by atoms with Crippen molar-refractivity contribution in [2.24, 2.45) is 5.92 Å². The first-order valence-electron chi connectivity index (χ1n) is 13.4. The first-order valence-corrected chi connectivity index (χ1v) is 14.2. The number of benzene rings is 2. The summed E-state index contributed by atoms with van der Waals surface area (Å²) in [5.74, 6) is -0.0468. The van der Waals surface area contributed by atoms with Crippen LogP contribution in [-0.2, 0) is 20.7 Å². The number of fused-ring (bicyclic) bond motifs is 3. The summed E-state index contributed by atoms with van der Waals surface area (Å²) in [4.78, 5) is 44.7. The van der Waals surface area contributed by atoms with E-state index in [0.717, 1.165) is 31.8 Å². The number of carbonyl (C=O) groups is 2. The second kappa shape index (κ2) is 10.9. The highest BCUT2D eigenvalue weighted by molar-refractivity contribution is 9.10. The molecule has 9 heteroatoms. The molecule has 5 aromatic rings. The first-order chi connectivity index (χ1) is 19.4. The van der Waals surface area contributed by atoms with Gasteiger partial charge in [-0.15, -0.1) is 0 Å². The van der Waals surface area contributed by atoms with Gasteiger partial charge in [-0.2, -0.15) is 0 Å². The van der Waals surface area contributed by atoms with Crippen molar-refractivity contribution in [3.05, 3.63) is 86.9 Å². The summed E-state index contributed by atoms with van der Waals surface area (Å²) in [5.41, 5.74) is 3.34. The maximum atomic E-state index is 13.7. The second-order valence-electron chi connectivity index (χ2n) is 10.1. The van der Waals surface area contributed by atoms with Crippen LogP contribution in [0.15, 0.2) is 70.3 Å². The Morgan fingerprint density at radius 3 is 2.62 bits per heavy atom. The second-order valence-corrected chi connectivity index (χ2v) is 11.0. The van der Waals surface area contributed by atoms with Crippen LogP contribution in [0.4, 0.5) is 0 Å². The lowest BCUT2D eigenvalue weighted by Gasteiger charge is -2.30. The lowest BCUT2D eigenvalue weighted by Crippen LogP contribution is -2.42. The van der Waals surface area contributed by atoms with Gasteiger partial charge in [0.2, 0.25) is 0 Å². The molecule has 1 aliphatic rings. The highest BCUT2D eigenvalue weighted by Gasteiger charge is 2.28. The van der Waals surface area contributed by atoms with Gasteiger partial charge < -0.3 is 18.8 Å². The van der Waals surface area contributed by atoms with Crippen molar-refractivity contribution < 1.29 is 19.1 Å². The van der Waals surface area contributed by atoms with Crippen LogP contribution in [0.1, 0.15) is 30.9 Å². The van der Waals surface area contributed by atoms with Crippen LogP contribution in [0.25, 0.3) is 27.2 Å². The molecule has 0 unspecified atom stereocenters. The Kier molecular flexibility index (Phi) is 7.14. The molecule has 1 saturated heterocycles. The van der Waals surface area contributed by atoms with E-state index in [1.807, 2.05) is 42.6 Å². The van der Waals surface area contributed by atoms with Crippen molar-refractivity contribution in [3.63, 3.8) is 0 Å². The summed E-state index contributed by atoms with van der Waals surface area (Å²) < 4.78 is 14.1. The fourth-order valence-electron chi connectivity index (χ4n) is 5.61.